The Morgan fingerprint density at radius 2 is 1.66 bits per heavy atom. The van der Waals surface area contributed by atoms with Crippen molar-refractivity contribution in [1.29, 1.82) is 0 Å². The van der Waals surface area contributed by atoms with Crippen molar-refractivity contribution in [2.24, 2.45) is 0 Å². The first-order valence-electron chi connectivity index (χ1n) is 10.8. The summed E-state index contributed by atoms with van der Waals surface area (Å²) < 4.78 is 28.7. The van der Waals surface area contributed by atoms with E-state index in [-0.39, 0.29) is 23.4 Å². The Labute approximate surface area is 190 Å². The van der Waals surface area contributed by atoms with Crippen LogP contribution >= 0.6 is 0 Å². The molecule has 0 N–H and O–H groups in total. The smallest absolute Gasteiger partial charge is 0.264 e. The van der Waals surface area contributed by atoms with Crippen molar-refractivity contribution in [3.63, 3.8) is 0 Å². The van der Waals surface area contributed by atoms with Gasteiger partial charge in [-0.3, -0.25) is 9.10 Å². The highest BCUT2D eigenvalue weighted by atomic mass is 32.2. The van der Waals surface area contributed by atoms with Crippen molar-refractivity contribution in [2.75, 3.05) is 15.7 Å². The maximum absolute atomic E-state index is 13.7. The summed E-state index contributed by atoms with van der Waals surface area (Å²) in [7, 11) is -3.94. The molecule has 1 heterocycles. The number of amides is 1. The van der Waals surface area contributed by atoms with Crippen LogP contribution in [0.3, 0.4) is 0 Å². The minimum atomic E-state index is -3.94. The second-order valence-corrected chi connectivity index (χ2v) is 10.4. The number of carbonyl (C=O) groups is 1. The maximum Gasteiger partial charge on any atom is 0.264 e. The lowest BCUT2D eigenvalue weighted by molar-refractivity contribution is -0.117. The molecular formula is C26H28N2O3S. The molecule has 0 radical (unpaired) electrons. The molecule has 0 saturated carbocycles. The van der Waals surface area contributed by atoms with E-state index < -0.39 is 10.0 Å². The van der Waals surface area contributed by atoms with E-state index in [0.717, 1.165) is 34.4 Å². The molecule has 0 spiro atoms. The minimum Gasteiger partial charge on any atom is -0.307 e. The topological polar surface area (TPSA) is 57.7 Å². The molecule has 1 aliphatic rings. The monoisotopic (exact) mass is 448 g/mol. The highest BCUT2D eigenvalue weighted by Gasteiger charge is 2.35. The summed E-state index contributed by atoms with van der Waals surface area (Å²) in [6.45, 7) is 7.47. The van der Waals surface area contributed by atoms with Crippen LogP contribution in [0, 0.1) is 20.8 Å². The fourth-order valence-electron chi connectivity index (χ4n) is 4.29. The summed E-state index contributed by atoms with van der Waals surface area (Å²) in [6.07, 6.45) is 0.760. The Kier molecular flexibility index (Phi) is 5.82. The van der Waals surface area contributed by atoms with Crippen LogP contribution in [-0.4, -0.2) is 26.9 Å². The van der Waals surface area contributed by atoms with E-state index in [1.807, 2.05) is 64.1 Å². The van der Waals surface area contributed by atoms with Crippen molar-refractivity contribution in [3.8, 4) is 0 Å². The van der Waals surface area contributed by atoms with Crippen LogP contribution in [0.25, 0.3) is 0 Å². The molecule has 1 amide bonds. The van der Waals surface area contributed by atoms with Gasteiger partial charge < -0.3 is 4.90 Å². The van der Waals surface area contributed by atoms with Gasteiger partial charge in [0.05, 0.1) is 10.6 Å². The fraction of sp³-hybridized carbons (Fsp3) is 0.269. The number of hydrogen-bond acceptors (Lipinski definition) is 3. The minimum absolute atomic E-state index is 0.0255. The molecule has 0 aliphatic carbocycles. The van der Waals surface area contributed by atoms with Gasteiger partial charge in [-0.25, -0.2) is 8.42 Å². The van der Waals surface area contributed by atoms with E-state index in [0.29, 0.717) is 5.69 Å². The van der Waals surface area contributed by atoms with Gasteiger partial charge in [-0.2, -0.15) is 0 Å². The molecule has 166 valence electrons. The lowest BCUT2D eigenvalue weighted by Crippen LogP contribution is -2.45. The van der Waals surface area contributed by atoms with Gasteiger partial charge in [0.25, 0.3) is 10.0 Å². The number of aryl methyl sites for hydroxylation is 2. The Morgan fingerprint density at radius 3 is 2.38 bits per heavy atom. The number of benzene rings is 3. The summed E-state index contributed by atoms with van der Waals surface area (Å²) in [5.41, 5.74) is 5.27. The molecule has 1 atom stereocenters. The number of nitrogens with zero attached hydrogens (tertiary/aromatic N) is 2. The molecule has 0 bridgehead atoms. The van der Waals surface area contributed by atoms with E-state index >= 15 is 0 Å². The van der Waals surface area contributed by atoms with E-state index in [1.54, 1.807) is 35.2 Å². The second-order valence-electron chi connectivity index (χ2n) is 8.49. The van der Waals surface area contributed by atoms with Crippen molar-refractivity contribution in [3.05, 3.63) is 89.0 Å². The van der Waals surface area contributed by atoms with Crippen LogP contribution in [0.4, 0.5) is 11.4 Å². The van der Waals surface area contributed by atoms with Crippen LogP contribution in [0.2, 0.25) is 0 Å². The summed E-state index contributed by atoms with van der Waals surface area (Å²) in [5, 5.41) is 0. The van der Waals surface area contributed by atoms with Crippen LogP contribution in [0.5, 0.6) is 0 Å². The average Bonchev–Trinajstić information content (AvgIpc) is 3.10. The fourth-order valence-corrected chi connectivity index (χ4v) is 5.76. The third-order valence-corrected chi connectivity index (χ3v) is 7.98. The zero-order valence-electron chi connectivity index (χ0n) is 18.9. The molecule has 0 saturated heterocycles. The van der Waals surface area contributed by atoms with E-state index in [4.69, 9.17) is 0 Å². The van der Waals surface area contributed by atoms with Gasteiger partial charge in [0, 0.05) is 11.7 Å². The number of hydrogen-bond donors (Lipinski definition) is 0. The van der Waals surface area contributed by atoms with E-state index in [2.05, 4.69) is 0 Å². The summed E-state index contributed by atoms with van der Waals surface area (Å²) in [5.74, 6) is -0.237. The van der Waals surface area contributed by atoms with Gasteiger partial charge in [0.1, 0.15) is 6.54 Å². The molecule has 1 aliphatic heterocycles. The van der Waals surface area contributed by atoms with E-state index in [9.17, 15) is 13.2 Å². The second kappa shape index (κ2) is 8.43. The first-order chi connectivity index (χ1) is 15.2. The standard InChI is InChI=1S/C26H28N2O3S/c1-18-12-14-23(15-13-18)32(30,31)27(24-11-7-8-19(2)21(24)4)17-26(29)28-20(3)16-22-9-5-6-10-25(22)28/h5-15,20H,16-17H2,1-4H3. The largest absolute Gasteiger partial charge is 0.307 e. The van der Waals surface area contributed by atoms with Crippen molar-refractivity contribution in [2.45, 2.75) is 45.1 Å². The van der Waals surface area contributed by atoms with Gasteiger partial charge in [-0.15, -0.1) is 0 Å². The van der Waals surface area contributed by atoms with Crippen molar-refractivity contribution < 1.29 is 13.2 Å². The molecule has 32 heavy (non-hydrogen) atoms. The lowest BCUT2D eigenvalue weighted by atomic mass is 10.1. The molecule has 1 unspecified atom stereocenters. The predicted molar refractivity (Wildman–Crippen MR) is 129 cm³/mol. The highest BCUT2D eigenvalue weighted by Crippen LogP contribution is 2.34. The Hall–Kier alpha value is -3.12. The third kappa shape index (κ3) is 3.91. The normalized spacial score (nSPS) is 15.5. The van der Waals surface area contributed by atoms with Crippen molar-refractivity contribution >= 4 is 27.3 Å². The number of rotatable bonds is 5. The quantitative estimate of drug-likeness (QED) is 0.564. The Morgan fingerprint density at radius 1 is 0.969 bits per heavy atom. The molecule has 0 fully saturated rings. The molecule has 3 aromatic rings. The van der Waals surface area contributed by atoms with Gasteiger partial charge in [0.2, 0.25) is 5.91 Å². The van der Waals surface area contributed by atoms with E-state index in [1.165, 1.54) is 4.31 Å². The lowest BCUT2D eigenvalue weighted by Gasteiger charge is -2.30. The highest BCUT2D eigenvalue weighted by molar-refractivity contribution is 7.92. The van der Waals surface area contributed by atoms with Crippen LogP contribution in [-0.2, 0) is 21.2 Å². The summed E-state index contributed by atoms with van der Waals surface area (Å²) in [4.78, 5) is 15.5. The number of para-hydroxylation sites is 1. The first kappa shape index (κ1) is 22.1. The molecule has 4 rings (SSSR count). The third-order valence-electron chi connectivity index (χ3n) is 6.21. The molecule has 6 heteroatoms. The zero-order chi connectivity index (χ0) is 23.0. The summed E-state index contributed by atoms with van der Waals surface area (Å²) >= 11 is 0. The van der Waals surface area contributed by atoms with Crippen LogP contribution in [0.1, 0.15) is 29.2 Å². The molecular weight excluding hydrogens is 420 g/mol. The summed E-state index contributed by atoms with van der Waals surface area (Å²) in [6, 6.07) is 20.1. The number of carbonyl (C=O) groups excluding carboxylic acids is 1. The molecule has 0 aromatic heterocycles. The number of fused-ring (bicyclic) bond motifs is 1. The number of sulfonamides is 1. The number of anilines is 2. The Bertz CT molecular complexity index is 1270. The zero-order valence-corrected chi connectivity index (χ0v) is 19.7. The van der Waals surface area contributed by atoms with Gasteiger partial charge in [-0.1, -0.05) is 48.0 Å². The van der Waals surface area contributed by atoms with Crippen LogP contribution in [0.15, 0.2) is 71.6 Å². The Balaban J connectivity index is 1.78. The van der Waals surface area contributed by atoms with Gasteiger partial charge in [-0.05, 0) is 75.1 Å². The van der Waals surface area contributed by atoms with Gasteiger partial charge >= 0.3 is 0 Å². The van der Waals surface area contributed by atoms with Crippen LogP contribution < -0.4 is 9.21 Å². The average molecular weight is 449 g/mol. The molecule has 5 nitrogen and oxygen atoms in total. The molecule has 3 aromatic carbocycles. The maximum atomic E-state index is 13.7. The predicted octanol–water partition coefficient (Wildman–Crippen LogP) is 4.78. The first-order valence-corrected chi connectivity index (χ1v) is 12.2. The van der Waals surface area contributed by atoms with Gasteiger partial charge in [0.15, 0.2) is 0 Å². The SMILES string of the molecule is Cc1ccc(S(=O)(=O)N(CC(=O)N2c3ccccc3CC2C)c2cccc(C)c2C)cc1. The van der Waals surface area contributed by atoms with Crippen molar-refractivity contribution in [1.82, 2.24) is 0 Å².